The smallest absolute Gasteiger partial charge is 0.194 e. The summed E-state index contributed by atoms with van der Waals surface area (Å²) in [6.45, 7) is 13.7. The minimum atomic E-state index is 0. The molecule has 0 radical (unpaired) electrons. The van der Waals surface area contributed by atoms with Crippen molar-refractivity contribution in [2.45, 2.75) is 46.7 Å². The van der Waals surface area contributed by atoms with Gasteiger partial charge in [-0.3, -0.25) is 4.90 Å². The molecule has 1 saturated heterocycles. The van der Waals surface area contributed by atoms with Crippen LogP contribution in [0.25, 0.3) is 0 Å². The number of nitrogens with one attached hydrogen (secondary N) is 1. The van der Waals surface area contributed by atoms with Gasteiger partial charge in [-0.1, -0.05) is 38.1 Å². The highest BCUT2D eigenvalue weighted by Gasteiger charge is 2.15. The molecule has 1 fully saturated rings. The molecule has 2 rings (SSSR count). The van der Waals surface area contributed by atoms with Crippen molar-refractivity contribution in [1.82, 2.24) is 15.1 Å². The lowest BCUT2D eigenvalue weighted by atomic mass is 10.1. The molecule has 0 aliphatic carbocycles. The van der Waals surface area contributed by atoms with Crippen LogP contribution in [0.4, 0.5) is 0 Å². The van der Waals surface area contributed by atoms with Crippen molar-refractivity contribution in [3.63, 3.8) is 0 Å². The van der Waals surface area contributed by atoms with E-state index >= 15 is 0 Å². The molecule has 0 spiro atoms. The van der Waals surface area contributed by atoms with Gasteiger partial charge in [0.15, 0.2) is 5.96 Å². The van der Waals surface area contributed by atoms with E-state index in [0.717, 1.165) is 51.8 Å². The van der Waals surface area contributed by atoms with Crippen LogP contribution < -0.4 is 5.32 Å². The Labute approximate surface area is 164 Å². The SMILES string of the molecule is CCNC(=NCc1ccccc1CN(CC)CC)N1CCCC1.I. The van der Waals surface area contributed by atoms with Crippen LogP contribution in [0.15, 0.2) is 29.3 Å². The summed E-state index contributed by atoms with van der Waals surface area (Å²) in [5.41, 5.74) is 2.74. The van der Waals surface area contributed by atoms with E-state index in [0.29, 0.717) is 0 Å². The molecule has 1 heterocycles. The van der Waals surface area contributed by atoms with Crippen molar-refractivity contribution in [2.75, 3.05) is 32.7 Å². The molecular weight excluding hydrogens is 411 g/mol. The number of aliphatic imine (C=N–C) groups is 1. The zero-order chi connectivity index (χ0) is 16.5. The summed E-state index contributed by atoms with van der Waals surface area (Å²) >= 11 is 0. The minimum Gasteiger partial charge on any atom is -0.357 e. The lowest BCUT2D eigenvalue weighted by molar-refractivity contribution is 0.295. The van der Waals surface area contributed by atoms with E-state index in [4.69, 9.17) is 4.99 Å². The Kier molecular flexibility index (Phi) is 10.3. The van der Waals surface area contributed by atoms with Crippen LogP contribution in [0.2, 0.25) is 0 Å². The molecule has 1 aliphatic heterocycles. The fourth-order valence-electron chi connectivity index (χ4n) is 3.07. The van der Waals surface area contributed by atoms with E-state index in [9.17, 15) is 0 Å². The summed E-state index contributed by atoms with van der Waals surface area (Å²) in [7, 11) is 0. The summed E-state index contributed by atoms with van der Waals surface area (Å²) in [6.07, 6.45) is 2.56. The molecule has 0 unspecified atom stereocenters. The molecule has 1 aliphatic rings. The van der Waals surface area contributed by atoms with Gasteiger partial charge in [-0.15, -0.1) is 24.0 Å². The molecule has 136 valence electrons. The van der Waals surface area contributed by atoms with Crippen LogP contribution in [-0.2, 0) is 13.1 Å². The van der Waals surface area contributed by atoms with Crippen LogP contribution in [0.1, 0.15) is 44.7 Å². The van der Waals surface area contributed by atoms with Gasteiger partial charge in [0.25, 0.3) is 0 Å². The van der Waals surface area contributed by atoms with E-state index in [2.05, 4.69) is 60.2 Å². The van der Waals surface area contributed by atoms with Crippen LogP contribution in [0.5, 0.6) is 0 Å². The van der Waals surface area contributed by atoms with Crippen LogP contribution in [0.3, 0.4) is 0 Å². The number of hydrogen-bond donors (Lipinski definition) is 1. The van der Waals surface area contributed by atoms with E-state index < -0.39 is 0 Å². The predicted molar refractivity (Wildman–Crippen MR) is 114 cm³/mol. The molecule has 0 atom stereocenters. The average molecular weight is 444 g/mol. The zero-order valence-electron chi connectivity index (χ0n) is 15.4. The van der Waals surface area contributed by atoms with Crippen molar-refractivity contribution >= 4 is 29.9 Å². The maximum atomic E-state index is 4.90. The Bertz CT molecular complexity index is 494. The van der Waals surface area contributed by atoms with Gasteiger partial charge in [-0.05, 0) is 44.0 Å². The molecule has 4 nitrogen and oxygen atoms in total. The molecular formula is C19H33IN4. The van der Waals surface area contributed by atoms with Crippen molar-refractivity contribution in [1.29, 1.82) is 0 Å². The summed E-state index contributed by atoms with van der Waals surface area (Å²) in [6, 6.07) is 8.72. The number of likely N-dealkylation sites (tertiary alicyclic amines) is 1. The largest absolute Gasteiger partial charge is 0.357 e. The fraction of sp³-hybridized carbons (Fsp3) is 0.632. The number of nitrogens with zero attached hydrogens (tertiary/aromatic N) is 3. The van der Waals surface area contributed by atoms with Gasteiger partial charge in [0.2, 0.25) is 0 Å². The summed E-state index contributed by atoms with van der Waals surface area (Å²) < 4.78 is 0. The highest BCUT2D eigenvalue weighted by molar-refractivity contribution is 14.0. The second-order valence-electron chi connectivity index (χ2n) is 6.09. The third-order valence-electron chi connectivity index (χ3n) is 4.55. The van der Waals surface area contributed by atoms with E-state index in [1.54, 1.807) is 0 Å². The number of benzene rings is 1. The normalized spacial score (nSPS) is 14.8. The predicted octanol–water partition coefficient (Wildman–Crippen LogP) is 3.71. The average Bonchev–Trinajstić information content (AvgIpc) is 3.11. The summed E-state index contributed by atoms with van der Waals surface area (Å²) in [4.78, 5) is 9.74. The molecule has 1 aromatic rings. The van der Waals surface area contributed by atoms with E-state index in [1.165, 1.54) is 24.0 Å². The Morgan fingerprint density at radius 2 is 1.71 bits per heavy atom. The number of hydrogen-bond acceptors (Lipinski definition) is 2. The van der Waals surface area contributed by atoms with Crippen molar-refractivity contribution in [3.05, 3.63) is 35.4 Å². The fourth-order valence-corrected chi connectivity index (χ4v) is 3.07. The van der Waals surface area contributed by atoms with Crippen molar-refractivity contribution < 1.29 is 0 Å². The van der Waals surface area contributed by atoms with E-state index in [-0.39, 0.29) is 24.0 Å². The van der Waals surface area contributed by atoms with Gasteiger partial charge in [-0.25, -0.2) is 4.99 Å². The molecule has 1 aromatic carbocycles. The van der Waals surface area contributed by atoms with Crippen LogP contribution >= 0.6 is 24.0 Å². The molecule has 1 N–H and O–H groups in total. The second kappa shape index (κ2) is 11.7. The topological polar surface area (TPSA) is 30.9 Å². The Morgan fingerprint density at radius 3 is 2.29 bits per heavy atom. The first-order chi connectivity index (χ1) is 11.3. The molecule has 24 heavy (non-hydrogen) atoms. The highest BCUT2D eigenvalue weighted by atomic mass is 127. The first-order valence-corrected chi connectivity index (χ1v) is 9.10. The lowest BCUT2D eigenvalue weighted by Crippen LogP contribution is -2.39. The Hall–Kier alpha value is -0.820. The molecule has 0 amide bonds. The van der Waals surface area contributed by atoms with Gasteiger partial charge in [0.1, 0.15) is 0 Å². The van der Waals surface area contributed by atoms with Gasteiger partial charge in [0, 0.05) is 26.2 Å². The maximum absolute atomic E-state index is 4.90. The Balaban J connectivity index is 0.00000288. The van der Waals surface area contributed by atoms with Crippen molar-refractivity contribution in [3.8, 4) is 0 Å². The quantitative estimate of drug-likeness (QED) is 0.395. The number of rotatable bonds is 7. The van der Waals surface area contributed by atoms with Crippen LogP contribution in [-0.4, -0.2) is 48.5 Å². The second-order valence-corrected chi connectivity index (χ2v) is 6.09. The Morgan fingerprint density at radius 1 is 1.08 bits per heavy atom. The number of guanidine groups is 1. The van der Waals surface area contributed by atoms with Gasteiger partial charge < -0.3 is 10.2 Å². The maximum Gasteiger partial charge on any atom is 0.194 e. The molecule has 0 saturated carbocycles. The summed E-state index contributed by atoms with van der Waals surface area (Å²) in [5.74, 6) is 1.07. The first kappa shape index (κ1) is 21.2. The highest BCUT2D eigenvalue weighted by Crippen LogP contribution is 2.14. The van der Waals surface area contributed by atoms with E-state index in [1.807, 2.05) is 0 Å². The molecule has 5 heteroatoms. The third kappa shape index (κ3) is 6.24. The lowest BCUT2D eigenvalue weighted by Gasteiger charge is -2.22. The third-order valence-corrected chi connectivity index (χ3v) is 4.55. The monoisotopic (exact) mass is 444 g/mol. The minimum absolute atomic E-state index is 0. The van der Waals surface area contributed by atoms with Gasteiger partial charge in [0.05, 0.1) is 6.54 Å². The summed E-state index contributed by atoms with van der Waals surface area (Å²) in [5, 5.41) is 3.44. The standard InChI is InChI=1S/C19H32N4.HI/c1-4-20-19(23-13-9-10-14-23)21-15-17-11-7-8-12-18(17)16-22(5-2)6-3;/h7-8,11-12H,4-6,9-10,13-16H2,1-3H3,(H,20,21);1H. The van der Waals surface area contributed by atoms with Gasteiger partial charge in [-0.2, -0.15) is 0 Å². The van der Waals surface area contributed by atoms with Crippen LogP contribution in [0, 0.1) is 0 Å². The molecule has 0 bridgehead atoms. The number of halogens is 1. The first-order valence-electron chi connectivity index (χ1n) is 9.10. The molecule has 0 aromatic heterocycles. The van der Waals surface area contributed by atoms with Crippen molar-refractivity contribution in [2.24, 2.45) is 4.99 Å². The van der Waals surface area contributed by atoms with Gasteiger partial charge >= 0.3 is 0 Å². The zero-order valence-corrected chi connectivity index (χ0v) is 17.8.